The van der Waals surface area contributed by atoms with Crippen molar-refractivity contribution in [2.24, 2.45) is 11.8 Å². The van der Waals surface area contributed by atoms with Crippen molar-refractivity contribution in [2.75, 3.05) is 34.8 Å². The van der Waals surface area contributed by atoms with E-state index in [4.69, 9.17) is 0 Å². The van der Waals surface area contributed by atoms with Crippen LogP contribution in [0.3, 0.4) is 0 Å². The Bertz CT molecular complexity index is 677. The first-order chi connectivity index (χ1) is 11.4. The smallest absolute Gasteiger partial charge is 0.224 e. The zero-order chi connectivity index (χ0) is 17.2. The normalized spacial score (nSPS) is 24.0. The summed E-state index contributed by atoms with van der Waals surface area (Å²) >= 11 is 0. The number of carbonyl (C=O) groups excluding carboxylic acids is 1. The zero-order valence-electron chi connectivity index (χ0n) is 14.2. The van der Waals surface area contributed by atoms with Gasteiger partial charge in [-0.1, -0.05) is 6.92 Å². The fraction of sp³-hybridized carbons (Fsp3) is 0.611. The van der Waals surface area contributed by atoms with Crippen LogP contribution in [-0.4, -0.2) is 38.9 Å². The second kappa shape index (κ2) is 7.13. The maximum Gasteiger partial charge on any atom is 0.224 e. The van der Waals surface area contributed by atoms with E-state index in [1.165, 1.54) is 18.5 Å². The molecule has 0 saturated carbocycles. The van der Waals surface area contributed by atoms with Crippen LogP contribution in [0, 0.1) is 11.8 Å². The van der Waals surface area contributed by atoms with Gasteiger partial charge in [-0.2, -0.15) is 0 Å². The summed E-state index contributed by atoms with van der Waals surface area (Å²) in [5, 5.41) is 2.88. The Balaban J connectivity index is 1.51. The average Bonchev–Trinajstić information content (AvgIpc) is 2.87. The maximum atomic E-state index is 12.1. The van der Waals surface area contributed by atoms with E-state index in [2.05, 4.69) is 17.1 Å². The van der Waals surface area contributed by atoms with E-state index in [-0.39, 0.29) is 29.8 Å². The predicted octanol–water partition coefficient (Wildman–Crippen LogP) is 2.69. The van der Waals surface area contributed by atoms with E-state index >= 15 is 0 Å². The Morgan fingerprint density at radius 2 is 1.83 bits per heavy atom. The molecule has 1 unspecified atom stereocenters. The molecule has 132 valence electrons. The Kier molecular flexibility index (Phi) is 5.13. The largest absolute Gasteiger partial charge is 0.372 e. The Labute approximate surface area is 144 Å². The van der Waals surface area contributed by atoms with E-state index in [9.17, 15) is 13.2 Å². The molecule has 0 bridgehead atoms. The number of benzene rings is 1. The third-order valence-corrected chi connectivity index (χ3v) is 6.94. The second-order valence-electron chi connectivity index (χ2n) is 7.24. The zero-order valence-corrected chi connectivity index (χ0v) is 15.0. The summed E-state index contributed by atoms with van der Waals surface area (Å²) < 4.78 is 22.9. The van der Waals surface area contributed by atoms with Crippen molar-refractivity contribution in [3.05, 3.63) is 24.3 Å². The number of rotatable bonds is 4. The molecule has 1 N–H and O–H groups in total. The van der Waals surface area contributed by atoms with E-state index in [1.54, 1.807) is 0 Å². The Hall–Kier alpha value is -1.56. The van der Waals surface area contributed by atoms with Crippen LogP contribution < -0.4 is 10.2 Å². The highest BCUT2D eigenvalue weighted by Gasteiger charge is 2.29. The minimum Gasteiger partial charge on any atom is -0.372 e. The third-order valence-electron chi connectivity index (χ3n) is 5.10. The number of amides is 1. The molecule has 6 heteroatoms. The molecule has 2 aliphatic rings. The number of piperidine rings is 1. The van der Waals surface area contributed by atoms with E-state index < -0.39 is 9.84 Å². The summed E-state index contributed by atoms with van der Waals surface area (Å²) in [6.45, 7) is 4.47. The number of anilines is 2. The third kappa shape index (κ3) is 4.50. The molecule has 1 aromatic carbocycles. The van der Waals surface area contributed by atoms with Gasteiger partial charge in [0, 0.05) is 30.9 Å². The van der Waals surface area contributed by atoms with Crippen molar-refractivity contribution in [1.82, 2.24) is 0 Å². The molecule has 24 heavy (non-hydrogen) atoms. The minimum atomic E-state index is -2.92. The highest BCUT2D eigenvalue weighted by molar-refractivity contribution is 7.91. The van der Waals surface area contributed by atoms with Crippen LogP contribution >= 0.6 is 0 Å². The van der Waals surface area contributed by atoms with E-state index in [1.807, 2.05) is 24.3 Å². The monoisotopic (exact) mass is 350 g/mol. The lowest BCUT2D eigenvalue weighted by Gasteiger charge is -2.32. The first kappa shape index (κ1) is 17.3. The van der Waals surface area contributed by atoms with Gasteiger partial charge in [-0.15, -0.1) is 0 Å². The molecule has 2 heterocycles. The lowest BCUT2D eigenvalue weighted by atomic mass is 9.99. The van der Waals surface area contributed by atoms with Gasteiger partial charge in [0.1, 0.15) is 0 Å². The number of nitrogens with zero attached hydrogens (tertiary/aromatic N) is 1. The Morgan fingerprint density at radius 3 is 2.42 bits per heavy atom. The topological polar surface area (TPSA) is 66.5 Å². The van der Waals surface area contributed by atoms with Crippen molar-refractivity contribution in [3.63, 3.8) is 0 Å². The SMILES string of the molecule is CC1CCN(c2ccc(NC(=O)CC3CCS(=O)(=O)C3)cc2)CC1. The molecule has 3 rings (SSSR count). The van der Waals surface area contributed by atoms with Crippen LogP contribution in [0.1, 0.15) is 32.6 Å². The molecular formula is C18H26N2O3S. The molecule has 0 radical (unpaired) electrons. The number of carbonyl (C=O) groups is 1. The van der Waals surface area contributed by atoms with Gasteiger partial charge in [0.05, 0.1) is 11.5 Å². The molecule has 2 aliphatic heterocycles. The van der Waals surface area contributed by atoms with Crippen LogP contribution in [0.2, 0.25) is 0 Å². The summed E-state index contributed by atoms with van der Waals surface area (Å²) in [5.41, 5.74) is 1.97. The number of sulfone groups is 1. The van der Waals surface area contributed by atoms with Gasteiger partial charge >= 0.3 is 0 Å². The molecule has 1 amide bonds. The van der Waals surface area contributed by atoms with Gasteiger partial charge in [0.15, 0.2) is 9.84 Å². The molecule has 2 saturated heterocycles. The van der Waals surface area contributed by atoms with E-state index in [0.29, 0.717) is 6.42 Å². The van der Waals surface area contributed by atoms with Crippen LogP contribution in [0.4, 0.5) is 11.4 Å². The van der Waals surface area contributed by atoms with Gasteiger partial charge < -0.3 is 10.2 Å². The van der Waals surface area contributed by atoms with Crippen LogP contribution in [-0.2, 0) is 14.6 Å². The van der Waals surface area contributed by atoms with Crippen LogP contribution in [0.5, 0.6) is 0 Å². The van der Waals surface area contributed by atoms with Crippen molar-refractivity contribution in [1.29, 1.82) is 0 Å². The molecular weight excluding hydrogens is 324 g/mol. The summed E-state index contributed by atoms with van der Waals surface area (Å²) in [5.74, 6) is 1.03. The lowest BCUT2D eigenvalue weighted by Crippen LogP contribution is -2.32. The molecule has 0 aromatic heterocycles. The second-order valence-corrected chi connectivity index (χ2v) is 9.47. The summed E-state index contributed by atoms with van der Waals surface area (Å²) in [7, 11) is -2.92. The van der Waals surface area contributed by atoms with Gasteiger partial charge in [-0.25, -0.2) is 8.42 Å². The number of hydrogen-bond acceptors (Lipinski definition) is 4. The van der Waals surface area contributed by atoms with Gasteiger partial charge in [-0.3, -0.25) is 4.79 Å². The number of nitrogens with one attached hydrogen (secondary N) is 1. The molecule has 5 nitrogen and oxygen atoms in total. The molecule has 1 aromatic rings. The van der Waals surface area contributed by atoms with Gasteiger partial charge in [0.25, 0.3) is 0 Å². The van der Waals surface area contributed by atoms with Gasteiger partial charge in [-0.05, 0) is 55.4 Å². The minimum absolute atomic E-state index is 0.0374. The van der Waals surface area contributed by atoms with Crippen molar-refractivity contribution in [2.45, 2.75) is 32.6 Å². The molecule has 1 atom stereocenters. The van der Waals surface area contributed by atoms with Crippen molar-refractivity contribution >= 4 is 27.1 Å². The predicted molar refractivity (Wildman–Crippen MR) is 97.1 cm³/mol. The fourth-order valence-electron chi connectivity index (χ4n) is 3.53. The van der Waals surface area contributed by atoms with E-state index in [0.717, 1.165) is 24.7 Å². The molecule has 0 spiro atoms. The summed E-state index contributed by atoms with van der Waals surface area (Å²) in [4.78, 5) is 14.5. The highest BCUT2D eigenvalue weighted by Crippen LogP contribution is 2.25. The summed E-state index contributed by atoms with van der Waals surface area (Å²) in [6, 6.07) is 7.95. The van der Waals surface area contributed by atoms with Crippen LogP contribution in [0.15, 0.2) is 24.3 Å². The van der Waals surface area contributed by atoms with Gasteiger partial charge in [0.2, 0.25) is 5.91 Å². The highest BCUT2D eigenvalue weighted by atomic mass is 32.2. The molecule has 2 fully saturated rings. The molecule has 0 aliphatic carbocycles. The first-order valence-corrected chi connectivity index (χ1v) is 10.6. The lowest BCUT2D eigenvalue weighted by molar-refractivity contribution is -0.116. The Morgan fingerprint density at radius 1 is 1.17 bits per heavy atom. The van der Waals surface area contributed by atoms with Crippen LogP contribution in [0.25, 0.3) is 0 Å². The fourth-order valence-corrected chi connectivity index (χ4v) is 5.39. The van der Waals surface area contributed by atoms with Crippen molar-refractivity contribution in [3.8, 4) is 0 Å². The maximum absolute atomic E-state index is 12.1. The average molecular weight is 350 g/mol. The summed E-state index contributed by atoms with van der Waals surface area (Å²) in [6.07, 6.45) is 3.33. The van der Waals surface area contributed by atoms with Crippen molar-refractivity contribution < 1.29 is 13.2 Å². The standard InChI is InChI=1S/C18H26N2O3S/c1-14-6-9-20(10-7-14)17-4-2-16(3-5-17)19-18(21)12-15-8-11-24(22,23)13-15/h2-5,14-15H,6-13H2,1H3,(H,19,21). The quantitative estimate of drug-likeness (QED) is 0.907. The number of hydrogen-bond donors (Lipinski definition) is 1. The first-order valence-electron chi connectivity index (χ1n) is 8.76.